The van der Waals surface area contributed by atoms with Crippen LogP contribution in [0.4, 0.5) is 30.6 Å². The summed E-state index contributed by atoms with van der Waals surface area (Å²) in [5.74, 6) is 0.866. The van der Waals surface area contributed by atoms with E-state index in [0.29, 0.717) is 17.5 Å². The Hall–Kier alpha value is -2.38. The Labute approximate surface area is 125 Å². The second-order valence-electron chi connectivity index (χ2n) is 5.04. The molecule has 1 aliphatic rings. The van der Waals surface area contributed by atoms with Crippen molar-refractivity contribution in [2.24, 2.45) is 0 Å². The van der Waals surface area contributed by atoms with E-state index < -0.39 is 11.7 Å². The van der Waals surface area contributed by atoms with Gasteiger partial charge in [0.1, 0.15) is 0 Å². The lowest BCUT2D eigenvalue weighted by atomic mass is 10.2. The van der Waals surface area contributed by atoms with Gasteiger partial charge in [-0.2, -0.15) is 23.3 Å². The molecule has 2 aromatic rings. The maximum absolute atomic E-state index is 12.7. The fourth-order valence-electron chi connectivity index (χ4n) is 2.33. The van der Waals surface area contributed by atoms with E-state index in [1.165, 1.54) is 12.3 Å². The fourth-order valence-corrected chi connectivity index (χ4v) is 2.33. The second kappa shape index (κ2) is 5.78. The molecule has 0 bridgehead atoms. The quantitative estimate of drug-likeness (QED) is 0.943. The Balaban J connectivity index is 1.80. The molecular formula is C14H14F3N5. The minimum absolute atomic E-state index is 0.308. The molecule has 0 amide bonds. The standard InChI is InChI=1S/C14H14F3N5/c15-14(16,17)10-4-3-5-11(8-10)19-12-9-18-21-13(20-12)22-6-1-2-7-22/h3-5,8-9H,1-2,6-7H2,(H,19,20,21). The van der Waals surface area contributed by atoms with Gasteiger partial charge in [-0.05, 0) is 31.0 Å². The summed E-state index contributed by atoms with van der Waals surface area (Å²) in [6.07, 6.45) is -0.828. The van der Waals surface area contributed by atoms with Crippen LogP contribution in [0.1, 0.15) is 18.4 Å². The molecule has 3 rings (SSSR count). The van der Waals surface area contributed by atoms with Gasteiger partial charge in [-0.1, -0.05) is 6.07 Å². The molecule has 1 fully saturated rings. The van der Waals surface area contributed by atoms with Crippen molar-refractivity contribution in [1.82, 2.24) is 15.2 Å². The third-order valence-corrected chi connectivity index (χ3v) is 3.40. The van der Waals surface area contributed by atoms with Crippen molar-refractivity contribution in [2.75, 3.05) is 23.3 Å². The van der Waals surface area contributed by atoms with Crippen LogP contribution in [0, 0.1) is 0 Å². The monoisotopic (exact) mass is 309 g/mol. The number of nitrogens with zero attached hydrogens (tertiary/aromatic N) is 4. The predicted molar refractivity (Wildman–Crippen MR) is 76.0 cm³/mol. The molecule has 1 N–H and O–H groups in total. The van der Waals surface area contributed by atoms with Crippen LogP contribution in [0.5, 0.6) is 0 Å². The maximum atomic E-state index is 12.7. The Morgan fingerprint density at radius 2 is 1.91 bits per heavy atom. The molecule has 22 heavy (non-hydrogen) atoms. The van der Waals surface area contributed by atoms with Crippen molar-refractivity contribution in [2.45, 2.75) is 19.0 Å². The normalized spacial score (nSPS) is 15.1. The zero-order valence-electron chi connectivity index (χ0n) is 11.6. The molecule has 0 unspecified atom stereocenters. The first kappa shape index (κ1) is 14.6. The highest BCUT2D eigenvalue weighted by atomic mass is 19.4. The molecule has 5 nitrogen and oxygen atoms in total. The van der Waals surface area contributed by atoms with Gasteiger partial charge in [-0.3, -0.25) is 0 Å². The van der Waals surface area contributed by atoms with Gasteiger partial charge in [0.2, 0.25) is 5.95 Å². The van der Waals surface area contributed by atoms with Crippen molar-refractivity contribution in [3.8, 4) is 0 Å². The van der Waals surface area contributed by atoms with E-state index in [2.05, 4.69) is 20.5 Å². The number of nitrogens with one attached hydrogen (secondary N) is 1. The first-order valence-corrected chi connectivity index (χ1v) is 6.91. The Bertz CT molecular complexity index is 653. The summed E-state index contributed by atoms with van der Waals surface area (Å²) >= 11 is 0. The SMILES string of the molecule is FC(F)(F)c1cccc(Nc2cnnc(N3CCCC3)n2)c1. The van der Waals surface area contributed by atoms with Crippen LogP contribution in [0.2, 0.25) is 0 Å². The van der Waals surface area contributed by atoms with Gasteiger partial charge in [0, 0.05) is 18.8 Å². The first-order chi connectivity index (χ1) is 10.5. The highest BCUT2D eigenvalue weighted by Crippen LogP contribution is 2.31. The van der Waals surface area contributed by atoms with E-state index in [1.807, 2.05) is 4.90 Å². The molecule has 1 aliphatic heterocycles. The van der Waals surface area contributed by atoms with Crippen LogP contribution in [-0.2, 0) is 6.18 Å². The third kappa shape index (κ3) is 3.26. The molecule has 1 aromatic carbocycles. The largest absolute Gasteiger partial charge is 0.416 e. The summed E-state index contributed by atoms with van der Waals surface area (Å²) in [6.45, 7) is 1.74. The molecular weight excluding hydrogens is 295 g/mol. The molecule has 8 heteroatoms. The molecule has 0 spiro atoms. The van der Waals surface area contributed by atoms with Crippen molar-refractivity contribution in [3.05, 3.63) is 36.0 Å². The van der Waals surface area contributed by atoms with Gasteiger partial charge in [0.05, 0.1) is 11.8 Å². The summed E-state index contributed by atoms with van der Waals surface area (Å²) < 4.78 is 38.1. The van der Waals surface area contributed by atoms with E-state index in [9.17, 15) is 13.2 Å². The minimum Gasteiger partial charge on any atom is -0.339 e. The van der Waals surface area contributed by atoms with E-state index in [4.69, 9.17) is 0 Å². The van der Waals surface area contributed by atoms with E-state index >= 15 is 0 Å². The number of benzene rings is 1. The topological polar surface area (TPSA) is 53.9 Å². The molecule has 1 saturated heterocycles. The summed E-state index contributed by atoms with van der Waals surface area (Å²) in [6, 6.07) is 4.96. The predicted octanol–water partition coefficient (Wildman–Crippen LogP) is 3.23. The second-order valence-corrected chi connectivity index (χ2v) is 5.04. The van der Waals surface area contributed by atoms with Crippen LogP contribution < -0.4 is 10.2 Å². The lowest BCUT2D eigenvalue weighted by Gasteiger charge is -2.15. The van der Waals surface area contributed by atoms with Crippen LogP contribution >= 0.6 is 0 Å². The molecule has 0 aliphatic carbocycles. The van der Waals surface area contributed by atoms with Gasteiger partial charge < -0.3 is 10.2 Å². The molecule has 0 atom stereocenters. The van der Waals surface area contributed by atoms with Crippen LogP contribution in [0.3, 0.4) is 0 Å². The molecule has 0 saturated carbocycles. The lowest BCUT2D eigenvalue weighted by molar-refractivity contribution is -0.137. The molecule has 2 heterocycles. The number of anilines is 3. The Kier molecular flexibility index (Phi) is 3.82. The summed E-state index contributed by atoms with van der Waals surface area (Å²) in [4.78, 5) is 6.31. The van der Waals surface area contributed by atoms with Crippen LogP contribution in [-0.4, -0.2) is 28.3 Å². The Morgan fingerprint density at radius 1 is 1.14 bits per heavy atom. The average Bonchev–Trinajstić information content (AvgIpc) is 3.01. The number of hydrogen-bond donors (Lipinski definition) is 1. The van der Waals surface area contributed by atoms with E-state index in [1.54, 1.807) is 6.07 Å². The average molecular weight is 309 g/mol. The van der Waals surface area contributed by atoms with Crippen molar-refractivity contribution >= 4 is 17.5 Å². The minimum atomic E-state index is -4.37. The summed E-state index contributed by atoms with van der Waals surface area (Å²) in [5, 5.41) is 10.7. The molecule has 0 radical (unpaired) electrons. The van der Waals surface area contributed by atoms with Gasteiger partial charge in [-0.25, -0.2) is 0 Å². The molecule has 1 aromatic heterocycles. The number of alkyl halides is 3. The van der Waals surface area contributed by atoms with Gasteiger partial charge in [-0.15, -0.1) is 5.10 Å². The lowest BCUT2D eigenvalue weighted by Crippen LogP contribution is -2.21. The Morgan fingerprint density at radius 3 is 2.64 bits per heavy atom. The maximum Gasteiger partial charge on any atom is 0.416 e. The van der Waals surface area contributed by atoms with Gasteiger partial charge in [0.25, 0.3) is 0 Å². The van der Waals surface area contributed by atoms with Crippen LogP contribution in [0.25, 0.3) is 0 Å². The van der Waals surface area contributed by atoms with Crippen molar-refractivity contribution in [1.29, 1.82) is 0 Å². The highest BCUT2D eigenvalue weighted by molar-refractivity contribution is 5.57. The number of halogens is 3. The van der Waals surface area contributed by atoms with Gasteiger partial charge >= 0.3 is 6.18 Å². The third-order valence-electron chi connectivity index (χ3n) is 3.40. The zero-order valence-corrected chi connectivity index (χ0v) is 11.6. The number of hydrogen-bond acceptors (Lipinski definition) is 5. The van der Waals surface area contributed by atoms with Crippen molar-refractivity contribution < 1.29 is 13.2 Å². The highest BCUT2D eigenvalue weighted by Gasteiger charge is 2.30. The first-order valence-electron chi connectivity index (χ1n) is 6.91. The summed E-state index contributed by atoms with van der Waals surface area (Å²) in [5.41, 5.74) is -0.401. The van der Waals surface area contributed by atoms with E-state index in [-0.39, 0.29) is 0 Å². The van der Waals surface area contributed by atoms with E-state index in [0.717, 1.165) is 38.1 Å². The van der Waals surface area contributed by atoms with Crippen LogP contribution in [0.15, 0.2) is 30.5 Å². The van der Waals surface area contributed by atoms with Crippen molar-refractivity contribution in [3.63, 3.8) is 0 Å². The smallest absolute Gasteiger partial charge is 0.339 e. The summed E-state index contributed by atoms with van der Waals surface area (Å²) in [7, 11) is 0. The van der Waals surface area contributed by atoms with Gasteiger partial charge in [0.15, 0.2) is 5.82 Å². The zero-order chi connectivity index (χ0) is 15.6. The number of rotatable bonds is 3. The molecule has 116 valence electrons. The fraction of sp³-hybridized carbons (Fsp3) is 0.357. The number of aromatic nitrogens is 3.